The Morgan fingerprint density at radius 2 is 2.05 bits per heavy atom. The number of pyridine rings is 1. The Morgan fingerprint density at radius 1 is 1.32 bits per heavy atom. The Labute approximate surface area is 143 Å². The third-order valence-electron chi connectivity index (χ3n) is 3.44. The van der Waals surface area contributed by atoms with Crippen molar-refractivity contribution in [2.45, 2.75) is 20.4 Å². The van der Waals surface area contributed by atoms with E-state index >= 15 is 0 Å². The summed E-state index contributed by atoms with van der Waals surface area (Å²) in [6.07, 6.45) is 3.17. The summed E-state index contributed by atoms with van der Waals surface area (Å²) in [5.41, 5.74) is 9.26. The van der Waals surface area contributed by atoms with Gasteiger partial charge in [-0.05, 0) is 45.7 Å². The zero-order valence-corrected chi connectivity index (χ0v) is 15.0. The molecular weight excluding hydrogens is 416 g/mol. The maximum absolute atomic E-state index is 12.2. The number of aromatic nitrogens is 5. The van der Waals surface area contributed by atoms with Crippen LogP contribution in [0.4, 0.5) is 5.95 Å². The van der Waals surface area contributed by atoms with E-state index < -0.39 is 0 Å². The van der Waals surface area contributed by atoms with Gasteiger partial charge in [-0.25, -0.2) is 9.97 Å². The van der Waals surface area contributed by atoms with Crippen molar-refractivity contribution < 1.29 is 4.73 Å². The first-order chi connectivity index (χ1) is 10.4. The molecule has 0 aromatic carbocycles. The van der Waals surface area contributed by atoms with Gasteiger partial charge in [-0.3, -0.25) is 0 Å². The zero-order valence-electron chi connectivity index (χ0n) is 11.8. The summed E-state index contributed by atoms with van der Waals surface area (Å²) in [5.74, 6) is 0.151. The summed E-state index contributed by atoms with van der Waals surface area (Å²) in [6, 6.07) is 0. The quantitative estimate of drug-likeness (QED) is 0.384. The summed E-state index contributed by atoms with van der Waals surface area (Å²) in [5, 5.41) is 12.2. The molecule has 0 saturated carbocycles. The SMILES string of the molecule is Cc1c[n+]([O-])c(Cn2cnc3c(Br)nc(N)nc32)c(C)c1Br. The second kappa shape index (κ2) is 5.47. The highest BCUT2D eigenvalue weighted by Gasteiger charge is 2.18. The van der Waals surface area contributed by atoms with Crippen molar-refractivity contribution in [1.82, 2.24) is 19.5 Å². The summed E-state index contributed by atoms with van der Waals surface area (Å²) in [4.78, 5) is 12.5. The fourth-order valence-electron chi connectivity index (χ4n) is 2.29. The van der Waals surface area contributed by atoms with E-state index in [0.717, 1.165) is 20.3 Å². The molecule has 0 aliphatic heterocycles. The van der Waals surface area contributed by atoms with Gasteiger partial charge in [-0.2, -0.15) is 9.71 Å². The summed E-state index contributed by atoms with van der Waals surface area (Å²) < 4.78 is 4.11. The Balaban J connectivity index is 2.14. The first-order valence-electron chi connectivity index (χ1n) is 6.40. The summed E-state index contributed by atoms with van der Waals surface area (Å²) in [6.45, 7) is 4.12. The molecule has 2 N–H and O–H groups in total. The van der Waals surface area contributed by atoms with Crippen LogP contribution in [0.2, 0.25) is 0 Å². The van der Waals surface area contributed by atoms with Gasteiger partial charge < -0.3 is 15.5 Å². The lowest BCUT2D eigenvalue weighted by Gasteiger charge is -2.11. The molecule has 114 valence electrons. The molecule has 0 bridgehead atoms. The molecule has 0 unspecified atom stereocenters. The third kappa shape index (κ3) is 2.44. The van der Waals surface area contributed by atoms with Gasteiger partial charge in [-0.1, -0.05) is 0 Å². The van der Waals surface area contributed by atoms with Gasteiger partial charge in [-0.15, -0.1) is 0 Å². The molecule has 3 rings (SSSR count). The highest BCUT2D eigenvalue weighted by molar-refractivity contribution is 9.10. The van der Waals surface area contributed by atoms with Gasteiger partial charge in [0, 0.05) is 15.6 Å². The van der Waals surface area contributed by atoms with Crippen LogP contribution in [0.3, 0.4) is 0 Å². The van der Waals surface area contributed by atoms with E-state index in [9.17, 15) is 5.21 Å². The number of hydrogen-bond donors (Lipinski definition) is 1. The van der Waals surface area contributed by atoms with Gasteiger partial charge in [0.1, 0.15) is 16.7 Å². The minimum absolute atomic E-state index is 0.151. The van der Waals surface area contributed by atoms with Crippen LogP contribution in [0.1, 0.15) is 16.8 Å². The molecule has 0 spiro atoms. The number of anilines is 1. The molecule has 3 aromatic rings. The second-order valence-electron chi connectivity index (χ2n) is 4.94. The lowest BCUT2D eigenvalue weighted by molar-refractivity contribution is -0.615. The highest BCUT2D eigenvalue weighted by atomic mass is 79.9. The van der Waals surface area contributed by atoms with E-state index in [1.54, 1.807) is 17.1 Å². The maximum atomic E-state index is 12.2. The number of halogens is 2. The van der Waals surface area contributed by atoms with Crippen LogP contribution >= 0.6 is 31.9 Å². The Kier molecular flexibility index (Phi) is 3.77. The van der Waals surface area contributed by atoms with Crippen LogP contribution in [0.25, 0.3) is 11.2 Å². The van der Waals surface area contributed by atoms with E-state index in [-0.39, 0.29) is 5.95 Å². The van der Waals surface area contributed by atoms with Gasteiger partial charge in [0.2, 0.25) is 11.6 Å². The smallest absolute Gasteiger partial charge is 0.223 e. The number of nitrogens with two attached hydrogens (primary N) is 1. The largest absolute Gasteiger partial charge is 0.618 e. The number of aryl methyl sites for hydroxylation is 1. The normalized spacial score (nSPS) is 11.3. The molecule has 3 aromatic heterocycles. The molecule has 0 atom stereocenters. The van der Waals surface area contributed by atoms with Crippen LogP contribution < -0.4 is 10.5 Å². The van der Waals surface area contributed by atoms with Crippen LogP contribution in [-0.4, -0.2) is 19.5 Å². The van der Waals surface area contributed by atoms with Crippen LogP contribution in [-0.2, 0) is 6.54 Å². The molecule has 0 aliphatic rings. The topological polar surface area (TPSA) is 96.6 Å². The summed E-state index contributed by atoms with van der Waals surface area (Å²) in [7, 11) is 0. The molecular formula is C13H12Br2N6O. The number of nitrogens with zero attached hydrogens (tertiary/aromatic N) is 5. The number of nitrogen functional groups attached to an aromatic ring is 1. The molecule has 9 heteroatoms. The predicted molar refractivity (Wildman–Crippen MR) is 89.1 cm³/mol. The fraction of sp³-hybridized carbons (Fsp3) is 0.231. The van der Waals surface area contributed by atoms with Crippen LogP contribution in [0.15, 0.2) is 21.6 Å². The number of rotatable bonds is 2. The van der Waals surface area contributed by atoms with E-state index in [4.69, 9.17) is 5.73 Å². The first-order valence-corrected chi connectivity index (χ1v) is 7.98. The minimum atomic E-state index is 0.151. The van der Waals surface area contributed by atoms with E-state index in [2.05, 4.69) is 46.8 Å². The van der Waals surface area contributed by atoms with Crippen molar-refractivity contribution in [3.63, 3.8) is 0 Å². The number of imidazole rings is 1. The van der Waals surface area contributed by atoms with Gasteiger partial charge in [0.05, 0.1) is 6.33 Å². The van der Waals surface area contributed by atoms with Gasteiger partial charge >= 0.3 is 0 Å². The van der Waals surface area contributed by atoms with Crippen molar-refractivity contribution in [2.75, 3.05) is 5.73 Å². The molecule has 0 aliphatic carbocycles. The van der Waals surface area contributed by atoms with Crippen molar-refractivity contribution >= 4 is 49.0 Å². The van der Waals surface area contributed by atoms with Crippen molar-refractivity contribution in [3.8, 4) is 0 Å². The van der Waals surface area contributed by atoms with E-state index in [0.29, 0.717) is 28.0 Å². The molecule has 3 heterocycles. The highest BCUT2D eigenvalue weighted by Crippen LogP contribution is 2.24. The molecule has 22 heavy (non-hydrogen) atoms. The maximum Gasteiger partial charge on any atom is 0.223 e. The monoisotopic (exact) mass is 426 g/mol. The van der Waals surface area contributed by atoms with Crippen molar-refractivity contribution in [3.05, 3.63) is 43.6 Å². The number of hydrogen-bond acceptors (Lipinski definition) is 5. The van der Waals surface area contributed by atoms with Gasteiger partial charge in [0.25, 0.3) is 0 Å². The van der Waals surface area contributed by atoms with E-state index in [1.807, 2.05) is 13.8 Å². The molecule has 7 nitrogen and oxygen atoms in total. The average Bonchev–Trinajstić information content (AvgIpc) is 2.84. The van der Waals surface area contributed by atoms with Crippen molar-refractivity contribution in [1.29, 1.82) is 0 Å². The Hall–Kier alpha value is -1.74. The Morgan fingerprint density at radius 3 is 2.77 bits per heavy atom. The Bertz CT molecular complexity index is 892. The lowest BCUT2D eigenvalue weighted by atomic mass is 10.1. The average molecular weight is 428 g/mol. The van der Waals surface area contributed by atoms with E-state index in [1.165, 1.54) is 0 Å². The predicted octanol–water partition coefficient (Wildman–Crippen LogP) is 2.23. The summed E-state index contributed by atoms with van der Waals surface area (Å²) >= 11 is 6.83. The third-order valence-corrected chi connectivity index (χ3v) is 5.22. The van der Waals surface area contributed by atoms with Crippen LogP contribution in [0.5, 0.6) is 0 Å². The molecule has 0 fully saturated rings. The minimum Gasteiger partial charge on any atom is -0.618 e. The van der Waals surface area contributed by atoms with Crippen LogP contribution in [0, 0.1) is 19.1 Å². The lowest BCUT2D eigenvalue weighted by Crippen LogP contribution is -2.34. The van der Waals surface area contributed by atoms with Crippen molar-refractivity contribution in [2.24, 2.45) is 0 Å². The molecule has 0 saturated heterocycles. The van der Waals surface area contributed by atoms with Gasteiger partial charge in [0.15, 0.2) is 11.8 Å². The molecule has 0 radical (unpaired) electrons. The first kappa shape index (κ1) is 15.2. The molecule has 0 amide bonds. The zero-order chi connectivity index (χ0) is 16.0. The second-order valence-corrected chi connectivity index (χ2v) is 6.49. The fourth-order valence-corrected chi connectivity index (χ4v) is 3.08. The number of fused-ring (bicyclic) bond motifs is 1. The standard InChI is InChI=1S/C13H12Br2N6O/c1-6-3-21(22)8(7(2)9(6)14)4-20-5-17-10-11(15)18-13(16)19-12(10)20/h3,5H,4H2,1-2H3,(H2,16,18,19).